The third kappa shape index (κ3) is 12.7. The Morgan fingerprint density at radius 1 is 0.514 bits per heavy atom. The van der Waals surface area contributed by atoms with Crippen molar-refractivity contribution >= 4 is 23.9 Å². The fourth-order valence-corrected chi connectivity index (χ4v) is 2.73. The summed E-state index contributed by atoms with van der Waals surface area (Å²) in [6, 6.07) is 0. The molecule has 11 nitrogen and oxygen atoms in total. The zero-order valence-corrected chi connectivity index (χ0v) is 20.3. The average molecular weight is 499 g/mol. The van der Waals surface area contributed by atoms with Crippen LogP contribution in [0.1, 0.15) is 0 Å². The van der Waals surface area contributed by atoms with Gasteiger partial charge in [-0.25, -0.2) is 19.2 Å². The minimum Gasteiger partial charge on any atom is -0.462 e. The van der Waals surface area contributed by atoms with Gasteiger partial charge in [-0.15, -0.1) is 0 Å². The van der Waals surface area contributed by atoms with E-state index in [4.69, 9.17) is 33.2 Å². The lowest BCUT2D eigenvalue weighted by Crippen LogP contribution is -2.46. The fraction of sp³-hybridized carbons (Fsp3) is 0.500. The second-order valence-corrected chi connectivity index (χ2v) is 7.61. The maximum Gasteiger partial charge on any atom is 0.330 e. The van der Waals surface area contributed by atoms with Gasteiger partial charge in [-0.05, 0) is 0 Å². The molecule has 0 rings (SSSR count). The molecule has 0 atom stereocenters. The number of ether oxygens (including phenoxy) is 7. The van der Waals surface area contributed by atoms with E-state index in [1.54, 1.807) is 0 Å². The van der Waals surface area contributed by atoms with Gasteiger partial charge in [-0.2, -0.15) is 0 Å². The quantitative estimate of drug-likeness (QED) is 0.136. The zero-order valence-electron chi connectivity index (χ0n) is 20.3. The SMILES string of the molecule is C=CC(=O)OCC(COC)(COCC(COC)(COC(=O)C=C)COC(=O)C=C)COC(=O)C=C. The Hall–Kier alpha value is -3.28. The molecule has 35 heavy (non-hydrogen) atoms. The Morgan fingerprint density at radius 2 is 0.771 bits per heavy atom. The second-order valence-electron chi connectivity index (χ2n) is 7.61. The normalized spacial score (nSPS) is 11.0. The van der Waals surface area contributed by atoms with Crippen LogP contribution in [0.2, 0.25) is 0 Å². The molecule has 0 aliphatic carbocycles. The largest absolute Gasteiger partial charge is 0.462 e. The summed E-state index contributed by atoms with van der Waals surface area (Å²) < 4.78 is 37.1. The van der Waals surface area contributed by atoms with Gasteiger partial charge in [-0.1, -0.05) is 26.3 Å². The van der Waals surface area contributed by atoms with Crippen LogP contribution in [-0.2, 0) is 52.3 Å². The van der Waals surface area contributed by atoms with Crippen LogP contribution in [0.3, 0.4) is 0 Å². The molecule has 0 aliphatic heterocycles. The van der Waals surface area contributed by atoms with Gasteiger partial charge in [0.1, 0.15) is 26.4 Å². The standard InChI is InChI=1S/C24H34O11/c1-7-19(25)32-15-23(11-29-5,16-33-20(26)8-2)13-31-14-24(12-30-6,17-34-21(27)9-3)18-35-22(28)10-4/h7-10H,1-4,11-18H2,5-6H3. The molecular formula is C24H34O11. The van der Waals surface area contributed by atoms with Crippen molar-refractivity contribution in [3.05, 3.63) is 50.6 Å². The van der Waals surface area contributed by atoms with Crippen molar-refractivity contribution in [2.45, 2.75) is 0 Å². The first-order valence-corrected chi connectivity index (χ1v) is 10.4. The fourth-order valence-electron chi connectivity index (χ4n) is 2.73. The maximum atomic E-state index is 11.7. The Morgan fingerprint density at radius 3 is 0.971 bits per heavy atom. The molecule has 0 aliphatic rings. The third-order valence-electron chi connectivity index (χ3n) is 4.47. The molecule has 11 heteroatoms. The summed E-state index contributed by atoms with van der Waals surface area (Å²) in [4.78, 5) is 46.6. The number of carbonyl (C=O) groups is 4. The summed E-state index contributed by atoms with van der Waals surface area (Å²) in [5.74, 6) is -2.77. The summed E-state index contributed by atoms with van der Waals surface area (Å²) in [7, 11) is 2.83. The van der Waals surface area contributed by atoms with Gasteiger partial charge in [0.05, 0.1) is 37.3 Å². The highest BCUT2D eigenvalue weighted by Crippen LogP contribution is 2.25. The Balaban J connectivity index is 5.76. The highest BCUT2D eigenvalue weighted by molar-refractivity contribution is 5.82. The first-order chi connectivity index (χ1) is 16.6. The maximum absolute atomic E-state index is 11.7. The van der Waals surface area contributed by atoms with Gasteiger partial charge in [-0.3, -0.25) is 0 Å². The lowest BCUT2D eigenvalue weighted by molar-refractivity contribution is -0.164. The van der Waals surface area contributed by atoms with Crippen LogP contribution >= 0.6 is 0 Å². The minimum absolute atomic E-state index is 0.0178. The van der Waals surface area contributed by atoms with Crippen LogP contribution in [0, 0.1) is 10.8 Å². The van der Waals surface area contributed by atoms with Crippen molar-refractivity contribution in [2.75, 3.05) is 67.1 Å². The van der Waals surface area contributed by atoms with E-state index in [1.165, 1.54) is 14.2 Å². The van der Waals surface area contributed by atoms with Gasteiger partial charge in [0.25, 0.3) is 0 Å². The van der Waals surface area contributed by atoms with Crippen LogP contribution in [0.15, 0.2) is 50.6 Å². The van der Waals surface area contributed by atoms with Crippen LogP contribution in [0.25, 0.3) is 0 Å². The van der Waals surface area contributed by atoms with E-state index >= 15 is 0 Å². The van der Waals surface area contributed by atoms with Gasteiger partial charge in [0.15, 0.2) is 0 Å². The van der Waals surface area contributed by atoms with Crippen LogP contribution in [-0.4, -0.2) is 91.0 Å². The van der Waals surface area contributed by atoms with E-state index in [0.29, 0.717) is 0 Å². The zero-order chi connectivity index (χ0) is 26.7. The lowest BCUT2D eigenvalue weighted by Gasteiger charge is -2.35. The Bertz CT molecular complexity index is 647. The number of hydrogen-bond donors (Lipinski definition) is 0. The smallest absolute Gasteiger partial charge is 0.330 e. The average Bonchev–Trinajstić information content (AvgIpc) is 2.87. The molecule has 0 aromatic carbocycles. The summed E-state index contributed by atoms with van der Waals surface area (Å²) in [6.07, 6.45) is 3.94. The van der Waals surface area contributed by atoms with Crippen molar-refractivity contribution in [2.24, 2.45) is 10.8 Å². The van der Waals surface area contributed by atoms with Crippen molar-refractivity contribution in [1.82, 2.24) is 0 Å². The molecule has 0 N–H and O–H groups in total. The molecule has 0 heterocycles. The minimum atomic E-state index is -1.11. The predicted molar refractivity (Wildman–Crippen MR) is 124 cm³/mol. The molecule has 0 unspecified atom stereocenters. The molecule has 0 bridgehead atoms. The summed E-state index contributed by atoms with van der Waals surface area (Å²) in [5.41, 5.74) is -2.22. The van der Waals surface area contributed by atoms with Gasteiger partial charge in [0.2, 0.25) is 0 Å². The van der Waals surface area contributed by atoms with Crippen molar-refractivity contribution in [3.63, 3.8) is 0 Å². The van der Waals surface area contributed by atoms with Crippen molar-refractivity contribution in [1.29, 1.82) is 0 Å². The van der Waals surface area contributed by atoms with E-state index in [0.717, 1.165) is 24.3 Å². The van der Waals surface area contributed by atoms with E-state index in [-0.39, 0.29) is 52.9 Å². The second kappa shape index (κ2) is 17.2. The van der Waals surface area contributed by atoms with Crippen molar-refractivity contribution < 1.29 is 52.3 Å². The molecule has 0 radical (unpaired) electrons. The van der Waals surface area contributed by atoms with E-state index in [1.807, 2.05) is 0 Å². The number of carbonyl (C=O) groups excluding carboxylic acids is 4. The van der Waals surface area contributed by atoms with Crippen LogP contribution in [0.4, 0.5) is 0 Å². The van der Waals surface area contributed by atoms with Gasteiger partial charge in [0, 0.05) is 38.5 Å². The van der Waals surface area contributed by atoms with Crippen molar-refractivity contribution in [3.8, 4) is 0 Å². The van der Waals surface area contributed by atoms with E-state index < -0.39 is 34.7 Å². The molecule has 0 aromatic heterocycles. The summed E-state index contributed by atoms with van der Waals surface area (Å²) >= 11 is 0. The number of esters is 4. The molecule has 0 saturated heterocycles. The number of hydrogen-bond acceptors (Lipinski definition) is 11. The Labute approximate surface area is 205 Å². The first-order valence-electron chi connectivity index (χ1n) is 10.4. The third-order valence-corrected chi connectivity index (χ3v) is 4.47. The number of methoxy groups -OCH3 is 2. The predicted octanol–water partition coefficient (Wildman–Crippen LogP) is 1.19. The molecule has 0 spiro atoms. The topological polar surface area (TPSA) is 133 Å². The molecule has 0 aromatic rings. The molecule has 0 saturated carbocycles. The summed E-state index contributed by atoms with van der Waals surface area (Å²) in [5, 5.41) is 0. The van der Waals surface area contributed by atoms with Crippen LogP contribution < -0.4 is 0 Å². The molecule has 196 valence electrons. The highest BCUT2D eigenvalue weighted by atomic mass is 16.6. The highest BCUT2D eigenvalue weighted by Gasteiger charge is 2.38. The van der Waals surface area contributed by atoms with E-state index in [2.05, 4.69) is 26.3 Å². The lowest BCUT2D eigenvalue weighted by atomic mass is 9.90. The number of rotatable bonds is 20. The molecule has 0 amide bonds. The van der Waals surface area contributed by atoms with E-state index in [9.17, 15) is 19.2 Å². The Kier molecular flexibility index (Phi) is 15.6. The first kappa shape index (κ1) is 31.7. The molecular weight excluding hydrogens is 464 g/mol. The van der Waals surface area contributed by atoms with Gasteiger partial charge >= 0.3 is 23.9 Å². The molecule has 0 fully saturated rings. The summed E-state index contributed by atoms with van der Waals surface area (Å²) in [6.45, 7) is 12.2. The van der Waals surface area contributed by atoms with Crippen LogP contribution in [0.5, 0.6) is 0 Å². The monoisotopic (exact) mass is 498 g/mol. The van der Waals surface area contributed by atoms with Gasteiger partial charge < -0.3 is 33.2 Å².